The Balaban J connectivity index is 2.14. The molecule has 7 nitrogen and oxygen atoms in total. The summed E-state index contributed by atoms with van der Waals surface area (Å²) in [6, 6.07) is 5.13. The molecule has 0 atom stereocenters. The third-order valence-electron chi connectivity index (χ3n) is 1.76. The summed E-state index contributed by atoms with van der Waals surface area (Å²) in [7, 11) is 1.73. The standard InChI is InChI=1S/C8H8N6OS/c1-9-6-4-2-3-5(10-6)7(15)11-8-12-13-14-16-8/h2-4H,1H3,(H,9,10)(H,11,12,14,15). The van der Waals surface area contributed by atoms with Crippen molar-refractivity contribution >= 4 is 28.4 Å². The summed E-state index contributed by atoms with van der Waals surface area (Å²) in [6.45, 7) is 0. The van der Waals surface area contributed by atoms with Crippen LogP contribution >= 0.6 is 11.5 Å². The number of hydrogen-bond acceptors (Lipinski definition) is 7. The molecule has 0 aliphatic carbocycles. The van der Waals surface area contributed by atoms with Crippen molar-refractivity contribution in [1.82, 2.24) is 19.8 Å². The molecule has 0 saturated heterocycles. The third-order valence-corrected chi connectivity index (χ3v) is 2.27. The van der Waals surface area contributed by atoms with Gasteiger partial charge in [-0.1, -0.05) is 15.7 Å². The van der Waals surface area contributed by atoms with Gasteiger partial charge in [0.15, 0.2) is 0 Å². The number of hydrogen-bond donors (Lipinski definition) is 2. The zero-order chi connectivity index (χ0) is 11.4. The zero-order valence-electron chi connectivity index (χ0n) is 8.34. The molecule has 1 amide bonds. The van der Waals surface area contributed by atoms with Crippen LogP contribution in [0.2, 0.25) is 0 Å². The Bertz CT molecular complexity index is 485. The first-order valence-corrected chi connectivity index (χ1v) is 5.18. The van der Waals surface area contributed by atoms with Gasteiger partial charge in [-0.25, -0.2) is 4.98 Å². The summed E-state index contributed by atoms with van der Waals surface area (Å²) in [4.78, 5) is 15.8. The Labute approximate surface area is 95.1 Å². The molecule has 8 heteroatoms. The molecule has 0 saturated carbocycles. The van der Waals surface area contributed by atoms with E-state index in [4.69, 9.17) is 0 Å². The Morgan fingerprint density at radius 3 is 3.00 bits per heavy atom. The first kappa shape index (κ1) is 10.4. The molecule has 2 heterocycles. The van der Waals surface area contributed by atoms with Gasteiger partial charge in [0.05, 0.1) is 0 Å². The SMILES string of the molecule is CNc1cccc(C(=O)Nc2nnns2)n1. The largest absolute Gasteiger partial charge is 0.373 e. The molecule has 0 aromatic carbocycles. The minimum atomic E-state index is -0.337. The maximum atomic E-state index is 11.7. The minimum absolute atomic E-state index is 0.307. The van der Waals surface area contributed by atoms with Crippen LogP contribution < -0.4 is 10.6 Å². The number of carbonyl (C=O) groups is 1. The van der Waals surface area contributed by atoms with Crippen LogP contribution in [0, 0.1) is 0 Å². The van der Waals surface area contributed by atoms with E-state index in [1.54, 1.807) is 25.2 Å². The van der Waals surface area contributed by atoms with Crippen LogP contribution in [0.15, 0.2) is 18.2 Å². The second kappa shape index (κ2) is 4.62. The Kier molecular flexibility index (Phi) is 3.01. The molecule has 82 valence electrons. The summed E-state index contributed by atoms with van der Waals surface area (Å²) in [6.07, 6.45) is 0. The molecule has 2 aromatic rings. The molecule has 16 heavy (non-hydrogen) atoms. The van der Waals surface area contributed by atoms with Gasteiger partial charge < -0.3 is 5.32 Å². The van der Waals surface area contributed by atoms with E-state index in [0.29, 0.717) is 16.6 Å². The first-order chi connectivity index (χ1) is 7.79. The molecule has 0 spiro atoms. The van der Waals surface area contributed by atoms with Crippen LogP contribution in [-0.4, -0.2) is 32.7 Å². The van der Waals surface area contributed by atoms with Crippen LogP contribution in [0.1, 0.15) is 10.5 Å². The lowest BCUT2D eigenvalue weighted by atomic mass is 10.3. The summed E-state index contributed by atoms with van der Waals surface area (Å²) in [5.74, 6) is 0.290. The highest BCUT2D eigenvalue weighted by Gasteiger charge is 2.09. The van der Waals surface area contributed by atoms with E-state index in [-0.39, 0.29) is 5.91 Å². The second-order valence-corrected chi connectivity index (χ2v) is 3.51. The highest BCUT2D eigenvalue weighted by Crippen LogP contribution is 2.09. The van der Waals surface area contributed by atoms with Crippen molar-refractivity contribution in [2.24, 2.45) is 0 Å². The van der Waals surface area contributed by atoms with Crippen molar-refractivity contribution in [2.75, 3.05) is 17.7 Å². The molecular weight excluding hydrogens is 228 g/mol. The molecule has 2 rings (SSSR count). The van der Waals surface area contributed by atoms with Crippen molar-refractivity contribution in [3.8, 4) is 0 Å². The van der Waals surface area contributed by atoms with E-state index in [1.165, 1.54) is 0 Å². The van der Waals surface area contributed by atoms with E-state index >= 15 is 0 Å². The summed E-state index contributed by atoms with van der Waals surface area (Å²) in [5.41, 5.74) is 0.307. The maximum absolute atomic E-state index is 11.7. The van der Waals surface area contributed by atoms with Crippen molar-refractivity contribution in [3.05, 3.63) is 23.9 Å². The number of rotatable bonds is 3. The van der Waals surface area contributed by atoms with E-state index in [1.807, 2.05) is 0 Å². The van der Waals surface area contributed by atoms with Gasteiger partial charge in [-0.15, -0.1) is 0 Å². The molecular formula is C8H8N6OS. The van der Waals surface area contributed by atoms with E-state index in [0.717, 1.165) is 11.5 Å². The van der Waals surface area contributed by atoms with Gasteiger partial charge in [0.2, 0.25) is 5.13 Å². The lowest BCUT2D eigenvalue weighted by Gasteiger charge is -2.02. The predicted octanol–water partition coefficient (Wildman–Crippen LogP) is 0.622. The number of aromatic nitrogens is 4. The second-order valence-electron chi connectivity index (χ2n) is 2.78. The molecule has 0 aliphatic rings. The number of anilines is 2. The maximum Gasteiger partial charge on any atom is 0.276 e. The van der Waals surface area contributed by atoms with Crippen LogP contribution in [0.3, 0.4) is 0 Å². The van der Waals surface area contributed by atoms with Gasteiger partial charge in [-0.3, -0.25) is 10.1 Å². The first-order valence-electron chi connectivity index (χ1n) is 4.41. The fourth-order valence-electron chi connectivity index (χ4n) is 1.04. The summed E-state index contributed by atoms with van der Waals surface area (Å²) >= 11 is 1.01. The van der Waals surface area contributed by atoms with E-state index in [2.05, 4.69) is 30.4 Å². The fraction of sp³-hybridized carbons (Fsp3) is 0.125. The van der Waals surface area contributed by atoms with Crippen molar-refractivity contribution in [1.29, 1.82) is 0 Å². The highest BCUT2D eigenvalue weighted by atomic mass is 32.1. The minimum Gasteiger partial charge on any atom is -0.373 e. The number of pyridine rings is 1. The molecule has 0 aliphatic heterocycles. The van der Waals surface area contributed by atoms with Crippen LogP contribution in [0.25, 0.3) is 0 Å². The Hall–Kier alpha value is -2.09. The molecule has 0 bridgehead atoms. The monoisotopic (exact) mass is 236 g/mol. The third kappa shape index (κ3) is 2.28. The van der Waals surface area contributed by atoms with Gasteiger partial charge in [0.25, 0.3) is 5.91 Å². The van der Waals surface area contributed by atoms with Crippen LogP contribution in [0.4, 0.5) is 10.9 Å². The van der Waals surface area contributed by atoms with Crippen molar-refractivity contribution < 1.29 is 4.79 Å². The van der Waals surface area contributed by atoms with Gasteiger partial charge in [0, 0.05) is 18.6 Å². The van der Waals surface area contributed by atoms with Crippen LogP contribution in [-0.2, 0) is 0 Å². The summed E-state index contributed by atoms with van der Waals surface area (Å²) < 4.78 is 3.54. The average Bonchev–Trinajstić information content (AvgIpc) is 2.82. The van der Waals surface area contributed by atoms with Gasteiger partial charge in [-0.05, 0) is 17.3 Å². The smallest absolute Gasteiger partial charge is 0.276 e. The molecule has 0 radical (unpaired) electrons. The zero-order valence-corrected chi connectivity index (χ0v) is 9.15. The normalized spacial score (nSPS) is 9.81. The lowest BCUT2D eigenvalue weighted by molar-refractivity contribution is 0.102. The number of amides is 1. The Morgan fingerprint density at radius 2 is 2.31 bits per heavy atom. The molecule has 2 N–H and O–H groups in total. The molecule has 0 unspecified atom stereocenters. The predicted molar refractivity (Wildman–Crippen MR) is 59.4 cm³/mol. The van der Waals surface area contributed by atoms with Gasteiger partial charge >= 0.3 is 0 Å². The fourth-order valence-corrected chi connectivity index (χ4v) is 1.41. The number of nitrogens with zero attached hydrogens (tertiary/aromatic N) is 4. The average molecular weight is 236 g/mol. The van der Waals surface area contributed by atoms with Crippen molar-refractivity contribution in [3.63, 3.8) is 0 Å². The number of nitrogens with one attached hydrogen (secondary N) is 2. The topological polar surface area (TPSA) is 92.7 Å². The van der Waals surface area contributed by atoms with Gasteiger partial charge in [0.1, 0.15) is 11.5 Å². The van der Waals surface area contributed by atoms with Crippen LogP contribution in [0.5, 0.6) is 0 Å². The Morgan fingerprint density at radius 1 is 1.44 bits per heavy atom. The summed E-state index contributed by atoms with van der Waals surface area (Å²) in [5, 5.41) is 12.7. The quantitative estimate of drug-likeness (QED) is 0.811. The molecule has 0 fully saturated rings. The highest BCUT2D eigenvalue weighted by molar-refractivity contribution is 7.09. The van der Waals surface area contributed by atoms with E-state index in [9.17, 15) is 4.79 Å². The van der Waals surface area contributed by atoms with Gasteiger partial charge in [-0.2, -0.15) is 0 Å². The lowest BCUT2D eigenvalue weighted by Crippen LogP contribution is -2.14. The number of carbonyl (C=O) groups excluding carboxylic acids is 1. The molecule has 2 aromatic heterocycles. The van der Waals surface area contributed by atoms with Crippen molar-refractivity contribution in [2.45, 2.75) is 0 Å². The van der Waals surface area contributed by atoms with E-state index < -0.39 is 0 Å².